The van der Waals surface area contributed by atoms with Crippen molar-refractivity contribution in [2.24, 2.45) is 0 Å². The Balaban J connectivity index is 5.60. The van der Waals surface area contributed by atoms with Gasteiger partial charge in [-0.1, -0.05) is 34.2 Å². The van der Waals surface area contributed by atoms with Crippen LogP contribution in [0.3, 0.4) is 0 Å². The molecule has 0 saturated carbocycles. The molecule has 134 valence electrons. The summed E-state index contributed by atoms with van der Waals surface area (Å²) >= 11 is 0. The molecule has 0 fully saturated rings. The summed E-state index contributed by atoms with van der Waals surface area (Å²) in [6.45, 7) is 34.3. The monoisotopic (exact) mass is 378 g/mol. The maximum Gasteiger partial charge on any atom is 0.264 e. The van der Waals surface area contributed by atoms with Crippen molar-refractivity contribution in [3.63, 3.8) is 0 Å². The molecule has 0 heterocycles. The fourth-order valence-corrected chi connectivity index (χ4v) is 10.8. The van der Waals surface area contributed by atoms with Gasteiger partial charge in [-0.2, -0.15) is 0 Å². The van der Waals surface area contributed by atoms with E-state index in [0.29, 0.717) is 0 Å². The van der Waals surface area contributed by atoms with E-state index in [1.807, 2.05) is 34.2 Å². The third-order valence-corrected chi connectivity index (χ3v) is 15.3. The molecule has 0 aliphatic rings. The predicted molar refractivity (Wildman–Crippen MR) is 116 cm³/mol. The topological polar surface area (TPSA) is 18.5 Å². The molecule has 0 radical (unpaired) electrons. The molecular weight excluding hydrogens is 344 g/mol. The normalized spacial score (nSPS) is 14.4. The molecule has 0 spiro atoms. The first-order valence-corrected chi connectivity index (χ1v) is 15.5. The van der Waals surface area contributed by atoms with Gasteiger partial charge < -0.3 is 8.85 Å². The van der Waals surface area contributed by atoms with Crippen molar-refractivity contribution < 1.29 is 8.85 Å². The second kappa shape index (κ2) is 8.40. The summed E-state index contributed by atoms with van der Waals surface area (Å²) in [6, 6.07) is 0. The van der Waals surface area contributed by atoms with Crippen LogP contribution < -0.4 is 0 Å². The van der Waals surface area contributed by atoms with Crippen LogP contribution >= 0.6 is 0 Å². The largest absolute Gasteiger partial charge is 0.411 e. The van der Waals surface area contributed by atoms with Gasteiger partial charge in [0.15, 0.2) is 8.07 Å². The molecule has 0 N–H and O–H groups in total. The molecule has 0 aromatic carbocycles. The van der Waals surface area contributed by atoms with Gasteiger partial charge in [-0.05, 0) is 33.9 Å². The van der Waals surface area contributed by atoms with Gasteiger partial charge >= 0.3 is 0 Å². The molecule has 0 unspecified atom stereocenters. The first kappa shape index (κ1) is 23.0. The first-order valence-electron chi connectivity index (χ1n) is 8.15. The molecule has 0 amide bonds. The predicted octanol–water partition coefficient (Wildman–Crippen LogP) is 5.22. The Bertz CT molecular complexity index is 477. The van der Waals surface area contributed by atoms with Crippen LogP contribution in [0.15, 0.2) is 73.7 Å². The van der Waals surface area contributed by atoms with E-state index in [1.54, 1.807) is 0 Å². The van der Waals surface area contributed by atoms with Crippen molar-refractivity contribution in [3.8, 4) is 0 Å². The standard InChI is InChI=1S/C19H34O2Si3/c1-12-23(13-2,14-3)19(8,9)21-22(10,11)18(7)20-24(15-4,16-5)17-6/h12-18H,1-6H2,7-11H3/t18-/m0/s1. The van der Waals surface area contributed by atoms with Gasteiger partial charge in [-0.25, -0.2) is 0 Å². The molecular formula is C19H34O2Si3. The molecule has 0 aliphatic heterocycles. The second-order valence-electron chi connectivity index (χ2n) is 6.99. The fraction of sp³-hybridized carbons (Fsp3) is 0.368. The van der Waals surface area contributed by atoms with Crippen LogP contribution in [-0.2, 0) is 8.85 Å². The van der Waals surface area contributed by atoms with Crippen molar-refractivity contribution >= 4 is 24.7 Å². The third-order valence-electron chi connectivity index (χ3n) is 4.89. The Labute approximate surface area is 152 Å². The van der Waals surface area contributed by atoms with E-state index in [-0.39, 0.29) is 5.73 Å². The van der Waals surface area contributed by atoms with Crippen LogP contribution in [0.2, 0.25) is 13.1 Å². The maximum absolute atomic E-state index is 6.69. The highest BCUT2D eigenvalue weighted by molar-refractivity contribution is 6.96. The average Bonchev–Trinajstić information content (AvgIpc) is 2.53. The van der Waals surface area contributed by atoms with E-state index < -0.39 is 29.9 Å². The van der Waals surface area contributed by atoms with Crippen molar-refractivity contribution in [3.05, 3.63) is 73.7 Å². The van der Waals surface area contributed by atoms with Gasteiger partial charge in [0, 0.05) is 0 Å². The quantitative estimate of drug-likeness (QED) is 0.434. The first-order chi connectivity index (χ1) is 10.9. The summed E-state index contributed by atoms with van der Waals surface area (Å²) in [5, 5.41) is -0.396. The summed E-state index contributed by atoms with van der Waals surface area (Å²) < 4.78 is 13.1. The summed E-state index contributed by atoms with van der Waals surface area (Å²) in [7, 11) is -6.72. The van der Waals surface area contributed by atoms with Crippen molar-refractivity contribution in [1.29, 1.82) is 0 Å². The molecule has 5 heteroatoms. The smallest absolute Gasteiger partial charge is 0.264 e. The van der Waals surface area contributed by atoms with Crippen molar-refractivity contribution in [1.82, 2.24) is 0 Å². The lowest BCUT2D eigenvalue weighted by molar-refractivity contribution is 0.147. The average molecular weight is 379 g/mol. The molecule has 0 rings (SSSR count). The van der Waals surface area contributed by atoms with Crippen LogP contribution in [0.25, 0.3) is 0 Å². The number of hydrogen-bond donors (Lipinski definition) is 0. The van der Waals surface area contributed by atoms with Gasteiger partial charge in [0.1, 0.15) is 0 Å². The summed E-state index contributed by atoms with van der Waals surface area (Å²) in [6.07, 6.45) is 0. The van der Waals surface area contributed by atoms with E-state index in [4.69, 9.17) is 8.85 Å². The molecule has 1 atom stereocenters. The minimum Gasteiger partial charge on any atom is -0.411 e. The van der Waals surface area contributed by atoms with Crippen LogP contribution in [0.1, 0.15) is 20.8 Å². The lowest BCUT2D eigenvalue weighted by Gasteiger charge is -2.46. The SMILES string of the molecule is C=C[Si](C=C)(C=C)O[C@H](C)[Si](C)(C)OC(C)(C)[Si](C=C)(C=C)C=C. The van der Waals surface area contributed by atoms with E-state index in [2.05, 4.69) is 73.3 Å². The zero-order chi connectivity index (χ0) is 19.2. The van der Waals surface area contributed by atoms with Gasteiger partial charge in [0.05, 0.1) is 11.0 Å². The summed E-state index contributed by atoms with van der Waals surface area (Å²) in [5.74, 6) is 0. The fourth-order valence-electron chi connectivity index (χ4n) is 2.66. The van der Waals surface area contributed by atoms with Crippen LogP contribution in [-0.4, -0.2) is 35.7 Å². The minimum absolute atomic E-state index is 0.0383. The lowest BCUT2D eigenvalue weighted by Crippen LogP contribution is -2.61. The zero-order valence-corrected chi connectivity index (χ0v) is 19.1. The summed E-state index contributed by atoms with van der Waals surface area (Å²) in [5.41, 5.74) is 11.4. The van der Waals surface area contributed by atoms with Gasteiger partial charge in [0.2, 0.25) is 8.32 Å². The highest BCUT2D eigenvalue weighted by atomic mass is 28.4. The number of hydrogen-bond acceptors (Lipinski definition) is 2. The van der Waals surface area contributed by atoms with Crippen LogP contribution in [0.4, 0.5) is 0 Å². The lowest BCUT2D eigenvalue weighted by atomic mass is 10.5. The van der Waals surface area contributed by atoms with Gasteiger partial charge in [-0.3, -0.25) is 0 Å². The van der Waals surface area contributed by atoms with Crippen molar-refractivity contribution in [2.75, 3.05) is 0 Å². The van der Waals surface area contributed by atoms with E-state index in [9.17, 15) is 0 Å². The van der Waals surface area contributed by atoms with Gasteiger partial charge in [0.25, 0.3) is 8.32 Å². The highest BCUT2D eigenvalue weighted by Gasteiger charge is 2.48. The van der Waals surface area contributed by atoms with Crippen LogP contribution in [0.5, 0.6) is 0 Å². The Morgan fingerprint density at radius 2 is 1.17 bits per heavy atom. The van der Waals surface area contributed by atoms with Crippen LogP contribution in [0, 0.1) is 0 Å². The Hall–Kier alpha value is -0.989. The Kier molecular flexibility index (Phi) is 8.05. The van der Waals surface area contributed by atoms with E-state index in [0.717, 1.165) is 0 Å². The molecule has 0 saturated heterocycles. The Morgan fingerprint density at radius 1 is 0.792 bits per heavy atom. The minimum atomic E-state index is -2.34. The molecule has 0 aromatic heterocycles. The maximum atomic E-state index is 6.69. The zero-order valence-electron chi connectivity index (χ0n) is 16.1. The third kappa shape index (κ3) is 4.55. The number of rotatable bonds is 12. The Morgan fingerprint density at radius 3 is 1.46 bits per heavy atom. The molecule has 2 nitrogen and oxygen atoms in total. The van der Waals surface area contributed by atoms with Gasteiger partial charge in [-0.15, -0.1) is 39.5 Å². The summed E-state index contributed by atoms with van der Waals surface area (Å²) in [4.78, 5) is 0. The van der Waals surface area contributed by atoms with Crippen molar-refractivity contribution in [2.45, 2.75) is 44.8 Å². The van der Waals surface area contributed by atoms with E-state index >= 15 is 0 Å². The second-order valence-corrected chi connectivity index (χ2v) is 18.7. The molecule has 0 aromatic rings. The van der Waals surface area contributed by atoms with E-state index in [1.165, 1.54) is 0 Å². The molecule has 0 aliphatic carbocycles. The molecule has 24 heavy (non-hydrogen) atoms. The molecule has 0 bridgehead atoms. The highest BCUT2D eigenvalue weighted by Crippen LogP contribution is 2.33.